The van der Waals surface area contributed by atoms with Crippen LogP contribution in [-0.2, 0) is 11.3 Å². The van der Waals surface area contributed by atoms with E-state index in [1.54, 1.807) is 11.3 Å². The van der Waals surface area contributed by atoms with Gasteiger partial charge >= 0.3 is 0 Å². The molecule has 0 unspecified atom stereocenters. The van der Waals surface area contributed by atoms with Crippen LogP contribution >= 0.6 is 35.3 Å². The molecule has 1 heterocycles. The summed E-state index contributed by atoms with van der Waals surface area (Å²) >= 11 is 1.68. The third-order valence-electron chi connectivity index (χ3n) is 3.11. The number of carbonyl (C=O) groups excluding carboxylic acids is 1. The van der Waals surface area contributed by atoms with E-state index in [-0.39, 0.29) is 35.3 Å². The molecule has 138 valence electrons. The third kappa shape index (κ3) is 8.27. The van der Waals surface area contributed by atoms with Crippen LogP contribution in [-0.4, -0.2) is 36.5 Å². The van der Waals surface area contributed by atoms with Gasteiger partial charge in [-0.3, -0.25) is 4.79 Å². The van der Waals surface area contributed by atoms with Crippen LogP contribution in [0.4, 0.5) is 0 Å². The first-order chi connectivity index (χ1) is 10.7. The standard InChI is InChI=1S/C16H29N5OS.HI/c1-7-17-15(19-9-8-18-14(22)16(4,5)6)20-10-13-11(2)21-12(3)23-13;/h7-10H2,1-6H3,(H,18,22)(H2,17,19,20);1H. The molecule has 0 aliphatic rings. The summed E-state index contributed by atoms with van der Waals surface area (Å²) in [5.41, 5.74) is 0.685. The van der Waals surface area contributed by atoms with Crippen molar-refractivity contribution >= 4 is 47.2 Å². The van der Waals surface area contributed by atoms with Gasteiger partial charge < -0.3 is 16.0 Å². The summed E-state index contributed by atoms with van der Waals surface area (Å²) in [7, 11) is 0. The van der Waals surface area contributed by atoms with Crippen LogP contribution in [0.15, 0.2) is 4.99 Å². The van der Waals surface area contributed by atoms with Crippen molar-refractivity contribution in [1.29, 1.82) is 0 Å². The summed E-state index contributed by atoms with van der Waals surface area (Å²) in [5, 5.41) is 10.4. The van der Waals surface area contributed by atoms with Gasteiger partial charge in [-0.25, -0.2) is 9.98 Å². The number of nitrogens with one attached hydrogen (secondary N) is 3. The molecule has 0 aliphatic heterocycles. The van der Waals surface area contributed by atoms with Crippen LogP contribution in [0.2, 0.25) is 0 Å². The quantitative estimate of drug-likeness (QED) is 0.260. The molecular weight excluding hydrogens is 437 g/mol. The van der Waals surface area contributed by atoms with Gasteiger partial charge in [-0.15, -0.1) is 35.3 Å². The molecule has 0 bridgehead atoms. The van der Waals surface area contributed by atoms with Crippen LogP contribution in [0.5, 0.6) is 0 Å². The number of thiazole rings is 1. The van der Waals surface area contributed by atoms with E-state index in [1.165, 1.54) is 4.88 Å². The Bertz CT molecular complexity index is 551. The van der Waals surface area contributed by atoms with E-state index in [0.717, 1.165) is 23.2 Å². The largest absolute Gasteiger partial charge is 0.357 e. The van der Waals surface area contributed by atoms with E-state index in [0.29, 0.717) is 19.6 Å². The average Bonchev–Trinajstić information content (AvgIpc) is 2.77. The second-order valence-corrected chi connectivity index (χ2v) is 7.66. The molecule has 1 rings (SSSR count). The van der Waals surface area contributed by atoms with Crippen molar-refractivity contribution < 1.29 is 4.79 Å². The van der Waals surface area contributed by atoms with Crippen molar-refractivity contribution in [1.82, 2.24) is 20.9 Å². The normalized spacial score (nSPS) is 11.7. The molecule has 24 heavy (non-hydrogen) atoms. The lowest BCUT2D eigenvalue weighted by Gasteiger charge is -2.18. The number of rotatable bonds is 6. The van der Waals surface area contributed by atoms with Crippen molar-refractivity contribution in [2.75, 3.05) is 19.6 Å². The number of aliphatic imine (C=N–C) groups is 1. The zero-order valence-electron chi connectivity index (χ0n) is 15.4. The smallest absolute Gasteiger partial charge is 0.225 e. The second kappa shape index (κ2) is 10.9. The highest BCUT2D eigenvalue weighted by Crippen LogP contribution is 2.17. The van der Waals surface area contributed by atoms with Crippen LogP contribution < -0.4 is 16.0 Å². The first kappa shape index (κ1) is 23.1. The number of hydrogen-bond donors (Lipinski definition) is 3. The molecule has 0 aliphatic carbocycles. The number of aryl methyl sites for hydroxylation is 2. The molecule has 0 saturated carbocycles. The number of amides is 1. The van der Waals surface area contributed by atoms with E-state index in [4.69, 9.17) is 0 Å². The fourth-order valence-electron chi connectivity index (χ4n) is 1.83. The number of nitrogens with zero attached hydrogens (tertiary/aromatic N) is 2. The van der Waals surface area contributed by atoms with Gasteiger partial charge in [0.25, 0.3) is 0 Å². The van der Waals surface area contributed by atoms with Crippen molar-refractivity contribution in [3.8, 4) is 0 Å². The van der Waals surface area contributed by atoms with Gasteiger partial charge in [-0.05, 0) is 20.8 Å². The summed E-state index contributed by atoms with van der Waals surface area (Å²) in [4.78, 5) is 22.0. The van der Waals surface area contributed by atoms with Crippen molar-refractivity contribution in [2.24, 2.45) is 10.4 Å². The first-order valence-corrected chi connectivity index (χ1v) is 8.79. The molecular formula is C16H30IN5OS. The Labute approximate surface area is 166 Å². The zero-order chi connectivity index (χ0) is 17.5. The van der Waals surface area contributed by atoms with Gasteiger partial charge in [-0.2, -0.15) is 0 Å². The number of guanidine groups is 1. The molecule has 0 saturated heterocycles. The Balaban J connectivity index is 0.00000529. The summed E-state index contributed by atoms with van der Waals surface area (Å²) in [6.45, 7) is 14.4. The molecule has 0 atom stereocenters. The number of aromatic nitrogens is 1. The minimum absolute atomic E-state index is 0. The fourth-order valence-corrected chi connectivity index (χ4v) is 2.70. The monoisotopic (exact) mass is 467 g/mol. The zero-order valence-corrected chi connectivity index (χ0v) is 18.6. The van der Waals surface area contributed by atoms with Crippen molar-refractivity contribution in [2.45, 2.75) is 48.1 Å². The summed E-state index contributed by atoms with van der Waals surface area (Å²) < 4.78 is 0. The van der Waals surface area contributed by atoms with Gasteiger partial charge in [0, 0.05) is 29.9 Å². The molecule has 1 aromatic rings. The lowest BCUT2D eigenvalue weighted by Crippen LogP contribution is -2.43. The molecule has 8 heteroatoms. The van der Waals surface area contributed by atoms with Crippen LogP contribution in [0.1, 0.15) is 43.3 Å². The highest BCUT2D eigenvalue weighted by atomic mass is 127. The Morgan fingerprint density at radius 2 is 1.79 bits per heavy atom. The van der Waals surface area contributed by atoms with Crippen LogP contribution in [0, 0.1) is 19.3 Å². The van der Waals surface area contributed by atoms with E-state index < -0.39 is 0 Å². The first-order valence-electron chi connectivity index (χ1n) is 7.97. The maximum atomic E-state index is 11.8. The van der Waals surface area contributed by atoms with E-state index in [9.17, 15) is 4.79 Å². The van der Waals surface area contributed by atoms with Gasteiger partial charge in [0.05, 0.1) is 17.2 Å². The molecule has 1 aromatic heterocycles. The predicted molar refractivity (Wildman–Crippen MR) is 112 cm³/mol. The van der Waals surface area contributed by atoms with Crippen LogP contribution in [0.25, 0.3) is 0 Å². The minimum Gasteiger partial charge on any atom is -0.357 e. The van der Waals surface area contributed by atoms with Crippen LogP contribution in [0.3, 0.4) is 0 Å². The lowest BCUT2D eigenvalue weighted by atomic mass is 9.96. The maximum absolute atomic E-state index is 11.8. The molecule has 0 fully saturated rings. The second-order valence-electron chi connectivity index (χ2n) is 6.37. The van der Waals surface area contributed by atoms with Gasteiger partial charge in [-0.1, -0.05) is 20.8 Å². The van der Waals surface area contributed by atoms with Gasteiger partial charge in [0.15, 0.2) is 5.96 Å². The van der Waals surface area contributed by atoms with E-state index in [1.807, 2.05) is 41.5 Å². The molecule has 3 N–H and O–H groups in total. The molecule has 0 radical (unpaired) electrons. The summed E-state index contributed by atoms with van der Waals surface area (Å²) in [6.07, 6.45) is 0. The average molecular weight is 467 g/mol. The molecule has 1 amide bonds. The predicted octanol–water partition coefficient (Wildman–Crippen LogP) is 2.60. The van der Waals surface area contributed by atoms with E-state index >= 15 is 0 Å². The Morgan fingerprint density at radius 1 is 1.17 bits per heavy atom. The minimum atomic E-state index is -0.361. The highest BCUT2D eigenvalue weighted by molar-refractivity contribution is 14.0. The topological polar surface area (TPSA) is 78.4 Å². The number of carbonyl (C=O) groups is 1. The Hall–Kier alpha value is -0.900. The van der Waals surface area contributed by atoms with E-state index in [2.05, 4.69) is 25.9 Å². The van der Waals surface area contributed by atoms with Gasteiger partial charge in [0.2, 0.25) is 5.91 Å². The lowest BCUT2D eigenvalue weighted by molar-refractivity contribution is -0.128. The maximum Gasteiger partial charge on any atom is 0.225 e. The number of halogens is 1. The van der Waals surface area contributed by atoms with Crippen molar-refractivity contribution in [3.63, 3.8) is 0 Å². The number of hydrogen-bond acceptors (Lipinski definition) is 4. The fraction of sp³-hybridized carbons (Fsp3) is 0.688. The highest BCUT2D eigenvalue weighted by Gasteiger charge is 2.20. The SMILES string of the molecule is CCNC(=NCc1sc(C)nc1C)NCCNC(=O)C(C)(C)C.I. The molecule has 0 aromatic carbocycles. The van der Waals surface area contributed by atoms with Gasteiger partial charge in [0.1, 0.15) is 0 Å². The molecule has 6 nitrogen and oxygen atoms in total. The summed E-state index contributed by atoms with van der Waals surface area (Å²) in [6, 6.07) is 0. The van der Waals surface area contributed by atoms with Crippen molar-refractivity contribution in [3.05, 3.63) is 15.6 Å². The Kier molecular flexibility index (Phi) is 10.5. The third-order valence-corrected chi connectivity index (χ3v) is 4.17. The summed E-state index contributed by atoms with van der Waals surface area (Å²) in [5.74, 6) is 0.806. The Morgan fingerprint density at radius 3 is 2.29 bits per heavy atom. The molecule has 0 spiro atoms.